The molecule has 1 rings (SSSR count). The van der Waals surface area contributed by atoms with Crippen LogP contribution in [0.4, 0.5) is 0 Å². The van der Waals surface area contributed by atoms with Crippen LogP contribution in [-0.4, -0.2) is 45.7 Å². The molecule has 0 saturated carbocycles. The van der Waals surface area contributed by atoms with Gasteiger partial charge in [0.2, 0.25) is 0 Å². The second-order valence-corrected chi connectivity index (χ2v) is 5.37. The molecule has 0 aliphatic carbocycles. The van der Waals surface area contributed by atoms with E-state index in [1.165, 1.54) is 0 Å². The fourth-order valence-corrected chi connectivity index (χ4v) is 2.51. The topological polar surface area (TPSA) is 87.0 Å². The lowest BCUT2D eigenvalue weighted by Crippen LogP contribution is -2.26. The Morgan fingerprint density at radius 2 is 2.11 bits per heavy atom. The van der Waals surface area contributed by atoms with Crippen molar-refractivity contribution < 1.29 is 24.9 Å². The maximum atomic E-state index is 10.4. The Hall–Kier alpha value is -0.650. The summed E-state index contributed by atoms with van der Waals surface area (Å²) in [6.45, 7) is 2.11. The average Bonchev–Trinajstić information content (AvgIpc) is 2.71. The van der Waals surface area contributed by atoms with Crippen LogP contribution in [0.5, 0.6) is 0 Å². The van der Waals surface area contributed by atoms with Crippen molar-refractivity contribution in [2.45, 2.75) is 82.7 Å². The summed E-state index contributed by atoms with van der Waals surface area (Å²) in [6.07, 6.45) is 3.71. The quantitative estimate of drug-likeness (QED) is 0.557. The highest BCUT2D eigenvalue weighted by Crippen LogP contribution is 2.28. The van der Waals surface area contributed by atoms with Gasteiger partial charge < -0.3 is 20.1 Å². The molecular weight excluding hydrogens is 248 g/mol. The molecule has 0 aromatic heterocycles. The molecule has 0 bridgehead atoms. The van der Waals surface area contributed by atoms with Gasteiger partial charge in [-0.05, 0) is 19.3 Å². The number of hydrogen-bond acceptors (Lipinski definition) is 4. The second kappa shape index (κ2) is 8.51. The first kappa shape index (κ1) is 16.4. The van der Waals surface area contributed by atoms with E-state index in [2.05, 4.69) is 6.92 Å². The number of carboxylic acid groups (broad SMARTS) is 1. The second-order valence-electron chi connectivity index (χ2n) is 5.37. The van der Waals surface area contributed by atoms with Gasteiger partial charge in [-0.25, -0.2) is 0 Å². The van der Waals surface area contributed by atoms with Crippen LogP contribution >= 0.6 is 0 Å². The van der Waals surface area contributed by atoms with Crippen molar-refractivity contribution in [3.8, 4) is 0 Å². The molecule has 3 N–H and O–H groups in total. The van der Waals surface area contributed by atoms with E-state index in [4.69, 9.17) is 9.84 Å². The highest BCUT2D eigenvalue weighted by Gasteiger charge is 2.36. The molecule has 0 unspecified atom stereocenters. The van der Waals surface area contributed by atoms with Gasteiger partial charge in [0.05, 0.1) is 24.4 Å². The highest BCUT2D eigenvalue weighted by atomic mass is 16.5. The molecule has 112 valence electrons. The zero-order chi connectivity index (χ0) is 14.3. The van der Waals surface area contributed by atoms with Crippen molar-refractivity contribution in [1.82, 2.24) is 0 Å². The summed E-state index contributed by atoms with van der Waals surface area (Å²) in [5, 5.41) is 28.4. The molecule has 0 aromatic rings. The Labute approximate surface area is 114 Å². The van der Waals surface area contributed by atoms with Crippen LogP contribution in [0.15, 0.2) is 0 Å². The Kier molecular flexibility index (Phi) is 7.34. The van der Waals surface area contributed by atoms with E-state index in [0.717, 1.165) is 19.3 Å². The van der Waals surface area contributed by atoms with Gasteiger partial charge in [0.15, 0.2) is 0 Å². The minimum absolute atomic E-state index is 0.0936. The molecule has 0 spiro atoms. The van der Waals surface area contributed by atoms with E-state index in [0.29, 0.717) is 25.7 Å². The van der Waals surface area contributed by atoms with Gasteiger partial charge in [-0.1, -0.05) is 26.2 Å². The van der Waals surface area contributed by atoms with Gasteiger partial charge in [0, 0.05) is 12.8 Å². The largest absolute Gasteiger partial charge is 0.481 e. The minimum Gasteiger partial charge on any atom is -0.481 e. The lowest BCUT2D eigenvalue weighted by Gasteiger charge is -2.18. The molecule has 1 fully saturated rings. The number of rotatable bonds is 9. The summed E-state index contributed by atoms with van der Waals surface area (Å²) < 4.78 is 5.66. The first-order valence-electron chi connectivity index (χ1n) is 7.28. The van der Waals surface area contributed by atoms with E-state index in [1.54, 1.807) is 0 Å². The Bertz CT molecular complexity index is 269. The van der Waals surface area contributed by atoms with Crippen molar-refractivity contribution in [1.29, 1.82) is 0 Å². The monoisotopic (exact) mass is 274 g/mol. The number of aliphatic carboxylic acids is 1. The molecular formula is C14H26O5. The van der Waals surface area contributed by atoms with E-state index in [9.17, 15) is 15.0 Å². The molecule has 5 heteroatoms. The van der Waals surface area contributed by atoms with Crippen LogP contribution in [0.1, 0.15) is 58.3 Å². The molecule has 19 heavy (non-hydrogen) atoms. The van der Waals surface area contributed by atoms with Crippen molar-refractivity contribution in [3.63, 3.8) is 0 Å². The third kappa shape index (κ3) is 5.89. The lowest BCUT2D eigenvalue weighted by atomic mass is 10.0. The van der Waals surface area contributed by atoms with Gasteiger partial charge in [-0.2, -0.15) is 0 Å². The molecule has 4 atom stereocenters. The molecule has 1 saturated heterocycles. The van der Waals surface area contributed by atoms with Gasteiger partial charge in [0.25, 0.3) is 0 Å². The first-order chi connectivity index (χ1) is 9.04. The number of unbranched alkanes of at least 4 members (excludes halogenated alkanes) is 2. The number of aliphatic hydroxyl groups excluding tert-OH is 2. The van der Waals surface area contributed by atoms with Crippen LogP contribution in [-0.2, 0) is 9.53 Å². The molecule has 1 heterocycles. The summed E-state index contributed by atoms with van der Waals surface area (Å²) in [4.78, 5) is 10.4. The zero-order valence-electron chi connectivity index (χ0n) is 11.6. The Balaban J connectivity index is 2.26. The average molecular weight is 274 g/mol. The summed E-state index contributed by atoms with van der Waals surface area (Å²) in [5.74, 6) is -0.830. The summed E-state index contributed by atoms with van der Waals surface area (Å²) in [5.41, 5.74) is 0. The highest BCUT2D eigenvalue weighted by molar-refractivity contribution is 5.66. The van der Waals surface area contributed by atoms with Gasteiger partial charge in [-0.15, -0.1) is 0 Å². The standard InChI is InChI=1S/C14H26O5/c1-2-3-4-6-10(15)13-9-11(16)12(19-13)7-5-8-14(17)18/h10-13,15-16H,2-9H2,1H3,(H,17,18)/t10-,11+,12+,13-/m1/s1. The zero-order valence-corrected chi connectivity index (χ0v) is 11.6. The summed E-state index contributed by atoms with van der Waals surface area (Å²) in [6, 6.07) is 0. The molecule has 0 radical (unpaired) electrons. The molecule has 0 amide bonds. The fraction of sp³-hybridized carbons (Fsp3) is 0.929. The number of carbonyl (C=O) groups is 1. The minimum atomic E-state index is -0.830. The van der Waals surface area contributed by atoms with Gasteiger partial charge in [0.1, 0.15) is 0 Å². The van der Waals surface area contributed by atoms with Crippen LogP contribution in [0.3, 0.4) is 0 Å². The van der Waals surface area contributed by atoms with Crippen LogP contribution in [0.25, 0.3) is 0 Å². The SMILES string of the molecule is CCCCC[C@@H](O)[C@H]1C[C@H](O)[C@H](CCCC(=O)O)O1. The normalized spacial score (nSPS) is 28.5. The van der Waals surface area contributed by atoms with Gasteiger partial charge in [-0.3, -0.25) is 4.79 Å². The summed E-state index contributed by atoms with van der Waals surface area (Å²) in [7, 11) is 0. The van der Waals surface area contributed by atoms with Crippen molar-refractivity contribution in [3.05, 3.63) is 0 Å². The summed E-state index contributed by atoms with van der Waals surface area (Å²) >= 11 is 0. The maximum Gasteiger partial charge on any atom is 0.303 e. The third-order valence-corrected chi connectivity index (χ3v) is 3.66. The van der Waals surface area contributed by atoms with E-state index >= 15 is 0 Å². The van der Waals surface area contributed by atoms with E-state index in [1.807, 2.05) is 0 Å². The molecule has 5 nitrogen and oxygen atoms in total. The number of carboxylic acids is 1. The maximum absolute atomic E-state index is 10.4. The van der Waals surface area contributed by atoms with Crippen molar-refractivity contribution in [2.75, 3.05) is 0 Å². The molecule has 1 aliphatic rings. The Morgan fingerprint density at radius 1 is 1.37 bits per heavy atom. The van der Waals surface area contributed by atoms with Gasteiger partial charge >= 0.3 is 5.97 Å². The number of hydrogen-bond donors (Lipinski definition) is 3. The van der Waals surface area contributed by atoms with Crippen LogP contribution < -0.4 is 0 Å². The first-order valence-corrected chi connectivity index (χ1v) is 7.28. The fourth-order valence-electron chi connectivity index (χ4n) is 2.51. The smallest absolute Gasteiger partial charge is 0.303 e. The van der Waals surface area contributed by atoms with E-state index < -0.39 is 18.2 Å². The van der Waals surface area contributed by atoms with Crippen molar-refractivity contribution in [2.24, 2.45) is 0 Å². The van der Waals surface area contributed by atoms with E-state index in [-0.39, 0.29) is 18.6 Å². The molecule has 0 aromatic carbocycles. The number of ether oxygens (including phenoxy) is 1. The predicted octanol–water partition coefficient (Wildman–Crippen LogP) is 1.70. The van der Waals surface area contributed by atoms with Crippen LogP contribution in [0.2, 0.25) is 0 Å². The molecule has 1 aliphatic heterocycles. The number of aliphatic hydroxyl groups is 2. The van der Waals surface area contributed by atoms with Crippen molar-refractivity contribution >= 4 is 5.97 Å². The lowest BCUT2D eigenvalue weighted by molar-refractivity contribution is -0.137. The Morgan fingerprint density at radius 3 is 2.74 bits per heavy atom. The third-order valence-electron chi connectivity index (χ3n) is 3.66. The van der Waals surface area contributed by atoms with Crippen LogP contribution in [0, 0.1) is 0 Å². The predicted molar refractivity (Wildman–Crippen MR) is 70.9 cm³/mol.